The summed E-state index contributed by atoms with van der Waals surface area (Å²) in [4.78, 5) is 16.3. The van der Waals surface area contributed by atoms with E-state index in [-0.39, 0.29) is 17.1 Å². The van der Waals surface area contributed by atoms with E-state index in [1.54, 1.807) is 6.07 Å². The minimum atomic E-state index is -0.347. The Morgan fingerprint density at radius 3 is 2.76 bits per heavy atom. The second-order valence-corrected chi connectivity index (χ2v) is 6.48. The molecule has 2 aromatic heterocycles. The largest absolute Gasteiger partial charge is 0.302 e. The van der Waals surface area contributed by atoms with Gasteiger partial charge in [0, 0.05) is 17.7 Å². The summed E-state index contributed by atoms with van der Waals surface area (Å²) in [5.74, 6) is 1.01. The zero-order valence-electron chi connectivity index (χ0n) is 12.6. The molecular weight excluding hydrogens is 268 g/mol. The van der Waals surface area contributed by atoms with Gasteiger partial charge in [-0.1, -0.05) is 20.8 Å². The van der Waals surface area contributed by atoms with Gasteiger partial charge in [-0.2, -0.15) is 5.10 Å². The molecule has 3 rings (SSSR count). The Kier molecular flexibility index (Phi) is 3.27. The molecule has 112 valence electrons. The molecule has 1 amide bonds. The molecule has 0 atom stereocenters. The van der Waals surface area contributed by atoms with Crippen LogP contribution in [0.15, 0.2) is 12.3 Å². The van der Waals surface area contributed by atoms with Crippen LogP contribution in [0.25, 0.3) is 0 Å². The van der Waals surface area contributed by atoms with Crippen molar-refractivity contribution in [1.29, 1.82) is 0 Å². The fourth-order valence-corrected chi connectivity index (χ4v) is 2.13. The molecule has 0 aliphatic heterocycles. The molecule has 1 fully saturated rings. The van der Waals surface area contributed by atoms with E-state index in [0.29, 0.717) is 17.7 Å². The summed E-state index contributed by atoms with van der Waals surface area (Å²) in [6, 6.07) is 2.28. The van der Waals surface area contributed by atoms with Crippen molar-refractivity contribution in [1.82, 2.24) is 25.0 Å². The molecule has 0 bridgehead atoms. The van der Waals surface area contributed by atoms with Crippen LogP contribution in [0, 0.1) is 0 Å². The lowest BCUT2D eigenvalue weighted by Gasteiger charge is -2.25. The topological polar surface area (TPSA) is 88.5 Å². The van der Waals surface area contributed by atoms with Crippen LogP contribution in [-0.4, -0.2) is 30.9 Å². The summed E-state index contributed by atoms with van der Waals surface area (Å²) in [5.41, 5.74) is -0.169. The van der Waals surface area contributed by atoms with Gasteiger partial charge in [0.25, 0.3) is 5.91 Å². The van der Waals surface area contributed by atoms with Crippen LogP contribution in [0.3, 0.4) is 0 Å². The molecule has 2 N–H and O–H groups in total. The van der Waals surface area contributed by atoms with Gasteiger partial charge in [0.05, 0.1) is 6.04 Å². The van der Waals surface area contributed by atoms with E-state index < -0.39 is 0 Å². The molecule has 7 heteroatoms. The average molecular weight is 288 g/mol. The highest BCUT2D eigenvalue weighted by Crippen LogP contribution is 2.31. The van der Waals surface area contributed by atoms with Gasteiger partial charge in [0.2, 0.25) is 5.82 Å². The van der Waals surface area contributed by atoms with Crippen molar-refractivity contribution in [3.8, 4) is 0 Å². The number of nitrogens with one attached hydrogen (secondary N) is 2. The number of aromatic amines is 1. The number of rotatable bonds is 3. The first-order valence-corrected chi connectivity index (χ1v) is 7.23. The van der Waals surface area contributed by atoms with Crippen molar-refractivity contribution in [2.75, 3.05) is 5.32 Å². The number of carbonyl (C=O) groups excluding carboxylic acids is 1. The molecule has 2 heterocycles. The smallest absolute Gasteiger partial charge is 0.296 e. The highest BCUT2D eigenvalue weighted by Gasteiger charge is 2.23. The number of hydrogen-bond acceptors (Lipinski definition) is 4. The highest BCUT2D eigenvalue weighted by atomic mass is 16.2. The van der Waals surface area contributed by atoms with E-state index in [9.17, 15) is 4.79 Å². The molecule has 1 saturated carbocycles. The van der Waals surface area contributed by atoms with Gasteiger partial charge >= 0.3 is 0 Å². The number of carbonyl (C=O) groups is 1. The maximum atomic E-state index is 12.1. The molecule has 0 radical (unpaired) electrons. The molecule has 7 nitrogen and oxygen atoms in total. The summed E-state index contributed by atoms with van der Waals surface area (Å²) in [5, 5.41) is 13.9. The monoisotopic (exact) mass is 288 g/mol. The quantitative estimate of drug-likeness (QED) is 0.906. The second kappa shape index (κ2) is 4.98. The minimum absolute atomic E-state index is 0.137. The number of aromatic nitrogens is 5. The lowest BCUT2D eigenvalue weighted by Crippen LogP contribution is -2.19. The zero-order chi connectivity index (χ0) is 15.0. The van der Waals surface area contributed by atoms with Gasteiger partial charge < -0.3 is 5.32 Å². The Labute approximate surface area is 123 Å². The third-order valence-electron chi connectivity index (χ3n) is 3.70. The van der Waals surface area contributed by atoms with E-state index in [0.717, 1.165) is 12.8 Å². The standard InChI is InChI=1S/C14H20N6O/c1-14(2,3)13-16-11(17-18-13)12(21)15-10-7-8-20(19-10)9-5-4-6-9/h7-9H,4-6H2,1-3H3,(H,15,19,21)(H,16,17,18). The summed E-state index contributed by atoms with van der Waals surface area (Å²) >= 11 is 0. The van der Waals surface area contributed by atoms with Crippen molar-refractivity contribution in [2.24, 2.45) is 0 Å². The Morgan fingerprint density at radius 2 is 2.19 bits per heavy atom. The predicted molar refractivity (Wildman–Crippen MR) is 78.2 cm³/mol. The molecule has 21 heavy (non-hydrogen) atoms. The number of amides is 1. The van der Waals surface area contributed by atoms with Crippen molar-refractivity contribution in [3.05, 3.63) is 23.9 Å². The van der Waals surface area contributed by atoms with Crippen LogP contribution >= 0.6 is 0 Å². The van der Waals surface area contributed by atoms with Crippen LogP contribution in [0.5, 0.6) is 0 Å². The fraction of sp³-hybridized carbons (Fsp3) is 0.571. The van der Waals surface area contributed by atoms with Crippen LogP contribution in [0.2, 0.25) is 0 Å². The van der Waals surface area contributed by atoms with Crippen LogP contribution < -0.4 is 5.32 Å². The van der Waals surface area contributed by atoms with Gasteiger partial charge in [-0.25, -0.2) is 4.98 Å². The molecule has 0 aromatic carbocycles. The number of H-pyrrole nitrogens is 1. The third-order valence-corrected chi connectivity index (χ3v) is 3.70. The van der Waals surface area contributed by atoms with Gasteiger partial charge in [0.15, 0.2) is 5.82 Å². The maximum absolute atomic E-state index is 12.1. The number of nitrogens with zero attached hydrogens (tertiary/aromatic N) is 4. The summed E-state index contributed by atoms with van der Waals surface area (Å²) in [6.45, 7) is 6.03. The van der Waals surface area contributed by atoms with Crippen LogP contribution in [0.1, 0.15) is 62.5 Å². The van der Waals surface area contributed by atoms with Crippen molar-refractivity contribution < 1.29 is 4.79 Å². The lowest BCUT2D eigenvalue weighted by atomic mass is 9.93. The zero-order valence-corrected chi connectivity index (χ0v) is 12.6. The Balaban J connectivity index is 1.68. The van der Waals surface area contributed by atoms with E-state index in [2.05, 4.69) is 25.6 Å². The number of anilines is 1. The van der Waals surface area contributed by atoms with E-state index >= 15 is 0 Å². The van der Waals surface area contributed by atoms with Crippen LogP contribution in [-0.2, 0) is 5.41 Å². The highest BCUT2D eigenvalue weighted by molar-refractivity contribution is 6.00. The second-order valence-electron chi connectivity index (χ2n) is 6.48. The molecule has 0 saturated heterocycles. The van der Waals surface area contributed by atoms with Crippen molar-refractivity contribution in [3.63, 3.8) is 0 Å². The summed E-state index contributed by atoms with van der Waals surface area (Å²) in [7, 11) is 0. The van der Waals surface area contributed by atoms with E-state index in [1.165, 1.54) is 6.42 Å². The van der Waals surface area contributed by atoms with Gasteiger partial charge in [0.1, 0.15) is 5.82 Å². The molecule has 1 aliphatic rings. The lowest BCUT2D eigenvalue weighted by molar-refractivity contribution is 0.101. The predicted octanol–water partition coefficient (Wildman–Crippen LogP) is 2.28. The van der Waals surface area contributed by atoms with Crippen molar-refractivity contribution >= 4 is 11.7 Å². The normalized spacial score (nSPS) is 15.8. The van der Waals surface area contributed by atoms with Gasteiger partial charge in [-0.05, 0) is 19.3 Å². The molecule has 0 spiro atoms. The molecular formula is C14H20N6O. The third kappa shape index (κ3) is 2.81. The fourth-order valence-electron chi connectivity index (χ4n) is 2.13. The Bertz CT molecular complexity index is 646. The first-order chi connectivity index (χ1) is 9.93. The van der Waals surface area contributed by atoms with Crippen LogP contribution in [0.4, 0.5) is 5.82 Å². The van der Waals surface area contributed by atoms with E-state index in [1.807, 2.05) is 31.6 Å². The molecule has 1 aliphatic carbocycles. The minimum Gasteiger partial charge on any atom is -0.302 e. The first-order valence-electron chi connectivity index (χ1n) is 7.23. The first kappa shape index (κ1) is 13.8. The summed E-state index contributed by atoms with van der Waals surface area (Å²) < 4.78 is 1.91. The Morgan fingerprint density at radius 1 is 1.43 bits per heavy atom. The SMILES string of the molecule is CC(C)(C)c1nc(C(=O)Nc2ccn(C3CCC3)n2)n[nH]1. The van der Waals surface area contributed by atoms with Gasteiger partial charge in [-0.3, -0.25) is 14.6 Å². The van der Waals surface area contributed by atoms with Gasteiger partial charge in [-0.15, -0.1) is 5.10 Å². The van der Waals surface area contributed by atoms with E-state index in [4.69, 9.17) is 0 Å². The molecule has 2 aromatic rings. The molecule has 0 unspecified atom stereocenters. The maximum Gasteiger partial charge on any atom is 0.296 e. The number of hydrogen-bond donors (Lipinski definition) is 2. The Hall–Kier alpha value is -2.18. The van der Waals surface area contributed by atoms with Crippen molar-refractivity contribution in [2.45, 2.75) is 51.5 Å². The summed E-state index contributed by atoms with van der Waals surface area (Å²) in [6.07, 6.45) is 5.47. The average Bonchev–Trinajstić information content (AvgIpc) is 2.94.